The van der Waals surface area contributed by atoms with Gasteiger partial charge in [-0.25, -0.2) is 4.39 Å². The molecule has 0 saturated heterocycles. The van der Waals surface area contributed by atoms with Crippen molar-refractivity contribution in [3.63, 3.8) is 0 Å². The van der Waals surface area contributed by atoms with Gasteiger partial charge < -0.3 is 0 Å². The second-order valence-electron chi connectivity index (χ2n) is 2.42. The Morgan fingerprint density at radius 1 is 1.29 bits per heavy atom. The number of carbonyl (C=O) groups excluding carboxylic acids is 2. The van der Waals surface area contributed by atoms with Crippen LogP contribution < -0.4 is 0 Å². The molecular formula is C8H4FNO4. The Labute approximate surface area is 77.3 Å². The number of nitro groups is 1. The molecule has 14 heavy (non-hydrogen) atoms. The third-order valence-corrected chi connectivity index (χ3v) is 1.60. The highest BCUT2D eigenvalue weighted by Crippen LogP contribution is 2.19. The van der Waals surface area contributed by atoms with Gasteiger partial charge in [-0.15, -0.1) is 0 Å². The predicted molar refractivity (Wildman–Crippen MR) is 43.8 cm³/mol. The van der Waals surface area contributed by atoms with Gasteiger partial charge in [-0.3, -0.25) is 19.7 Å². The van der Waals surface area contributed by atoms with E-state index in [0.29, 0.717) is 6.07 Å². The summed E-state index contributed by atoms with van der Waals surface area (Å²) in [5, 5.41) is 10.3. The average molecular weight is 197 g/mol. The van der Waals surface area contributed by atoms with Crippen LogP contribution in [0.15, 0.2) is 12.1 Å². The molecule has 72 valence electrons. The lowest BCUT2D eigenvalue weighted by Gasteiger charge is -1.98. The number of benzene rings is 1. The second-order valence-corrected chi connectivity index (χ2v) is 2.42. The van der Waals surface area contributed by atoms with E-state index in [1.54, 1.807) is 0 Å². The third kappa shape index (κ3) is 1.63. The van der Waals surface area contributed by atoms with E-state index >= 15 is 0 Å². The molecule has 0 aromatic heterocycles. The molecule has 0 heterocycles. The maximum atomic E-state index is 13.0. The minimum absolute atomic E-state index is 0.142. The number of aldehydes is 2. The molecule has 0 amide bonds. The fourth-order valence-electron chi connectivity index (χ4n) is 0.951. The molecule has 0 aliphatic heterocycles. The van der Waals surface area contributed by atoms with E-state index < -0.39 is 22.0 Å². The molecule has 0 atom stereocenters. The summed E-state index contributed by atoms with van der Waals surface area (Å²) in [5.74, 6) is -1.07. The van der Waals surface area contributed by atoms with Gasteiger partial charge in [0.1, 0.15) is 5.82 Å². The zero-order valence-corrected chi connectivity index (χ0v) is 6.77. The second kappa shape index (κ2) is 3.73. The molecule has 0 saturated carbocycles. The minimum Gasteiger partial charge on any atom is -0.298 e. The molecule has 6 heteroatoms. The van der Waals surface area contributed by atoms with Crippen LogP contribution in [0.5, 0.6) is 0 Å². The van der Waals surface area contributed by atoms with Crippen LogP contribution in [0.2, 0.25) is 0 Å². The van der Waals surface area contributed by atoms with Gasteiger partial charge in [0, 0.05) is 11.6 Å². The van der Waals surface area contributed by atoms with Gasteiger partial charge in [-0.1, -0.05) is 0 Å². The normalized spacial score (nSPS) is 9.50. The molecule has 0 fully saturated rings. The van der Waals surface area contributed by atoms with Crippen LogP contribution in [-0.2, 0) is 0 Å². The first-order valence-electron chi connectivity index (χ1n) is 3.48. The van der Waals surface area contributed by atoms with Crippen molar-refractivity contribution in [1.82, 2.24) is 0 Å². The summed E-state index contributed by atoms with van der Waals surface area (Å²) in [5.41, 5.74) is -1.35. The molecule has 1 rings (SSSR count). The van der Waals surface area contributed by atoms with Crippen molar-refractivity contribution in [3.05, 3.63) is 39.2 Å². The Kier molecular flexibility index (Phi) is 2.66. The SMILES string of the molecule is O=Cc1cc([N+](=O)[O-])cc(F)c1C=O. The monoisotopic (exact) mass is 197 g/mol. The Morgan fingerprint density at radius 2 is 1.93 bits per heavy atom. The smallest absolute Gasteiger partial charge is 0.273 e. The van der Waals surface area contributed by atoms with Crippen LogP contribution in [0.4, 0.5) is 10.1 Å². The molecule has 0 bridgehead atoms. The van der Waals surface area contributed by atoms with E-state index in [9.17, 15) is 24.1 Å². The summed E-state index contributed by atoms with van der Waals surface area (Å²) in [6, 6.07) is 1.44. The van der Waals surface area contributed by atoms with Crippen LogP contribution in [0.3, 0.4) is 0 Å². The van der Waals surface area contributed by atoms with Crippen molar-refractivity contribution >= 4 is 18.3 Å². The van der Waals surface area contributed by atoms with Gasteiger partial charge in [-0.05, 0) is 0 Å². The van der Waals surface area contributed by atoms with E-state index in [1.165, 1.54) is 0 Å². The van der Waals surface area contributed by atoms with E-state index in [1.807, 2.05) is 0 Å². The standard InChI is InChI=1S/C8H4FNO4/c9-8-2-6(10(13)14)1-5(3-11)7(8)4-12/h1-4H. The zero-order valence-electron chi connectivity index (χ0n) is 6.77. The Balaban J connectivity index is 3.45. The Morgan fingerprint density at radius 3 is 2.36 bits per heavy atom. The first-order chi connectivity index (χ1) is 6.60. The first kappa shape index (κ1) is 9.97. The van der Waals surface area contributed by atoms with Crippen LogP contribution in [0.1, 0.15) is 20.7 Å². The first-order valence-corrected chi connectivity index (χ1v) is 3.48. The molecule has 0 radical (unpaired) electrons. The van der Waals surface area contributed by atoms with E-state index in [4.69, 9.17) is 0 Å². The number of non-ortho nitro benzene ring substituents is 1. The highest BCUT2D eigenvalue weighted by atomic mass is 19.1. The fourth-order valence-corrected chi connectivity index (χ4v) is 0.951. The van der Waals surface area contributed by atoms with Crippen LogP contribution >= 0.6 is 0 Å². The number of nitrogens with zero attached hydrogens (tertiary/aromatic N) is 1. The summed E-state index contributed by atoms with van der Waals surface area (Å²) in [6.07, 6.45) is 0.336. The zero-order chi connectivity index (χ0) is 10.7. The summed E-state index contributed by atoms with van der Waals surface area (Å²) in [6.45, 7) is 0. The highest BCUT2D eigenvalue weighted by Gasteiger charge is 2.15. The molecule has 5 nitrogen and oxygen atoms in total. The molecule has 1 aromatic carbocycles. The maximum Gasteiger partial charge on any atom is 0.273 e. The van der Waals surface area contributed by atoms with Gasteiger partial charge in [0.15, 0.2) is 12.6 Å². The number of halogens is 1. The topological polar surface area (TPSA) is 77.3 Å². The lowest BCUT2D eigenvalue weighted by molar-refractivity contribution is -0.385. The Bertz CT molecular complexity index is 416. The van der Waals surface area contributed by atoms with Crippen molar-refractivity contribution in [2.75, 3.05) is 0 Å². The van der Waals surface area contributed by atoms with Gasteiger partial charge in [0.2, 0.25) is 0 Å². The number of nitro benzene ring substituents is 1. The number of hydrogen-bond donors (Lipinski definition) is 0. The van der Waals surface area contributed by atoms with Crippen molar-refractivity contribution in [3.8, 4) is 0 Å². The number of hydrogen-bond acceptors (Lipinski definition) is 4. The van der Waals surface area contributed by atoms with Crippen molar-refractivity contribution in [2.24, 2.45) is 0 Å². The summed E-state index contributed by atoms with van der Waals surface area (Å²) in [4.78, 5) is 30.1. The van der Waals surface area contributed by atoms with Gasteiger partial charge in [0.25, 0.3) is 5.69 Å². The van der Waals surface area contributed by atoms with Crippen molar-refractivity contribution < 1.29 is 18.9 Å². The third-order valence-electron chi connectivity index (χ3n) is 1.60. The van der Waals surface area contributed by atoms with Crippen LogP contribution in [-0.4, -0.2) is 17.5 Å². The average Bonchev–Trinajstić information content (AvgIpc) is 2.16. The molecule has 0 spiro atoms. The Hall–Kier alpha value is -2.11. The molecule has 0 aliphatic rings. The largest absolute Gasteiger partial charge is 0.298 e. The lowest BCUT2D eigenvalue weighted by atomic mass is 10.1. The van der Waals surface area contributed by atoms with E-state index in [-0.39, 0.29) is 18.1 Å². The summed E-state index contributed by atoms with van der Waals surface area (Å²) in [7, 11) is 0. The van der Waals surface area contributed by atoms with Crippen LogP contribution in [0, 0.1) is 15.9 Å². The highest BCUT2D eigenvalue weighted by molar-refractivity contribution is 5.91. The maximum absolute atomic E-state index is 13.0. The van der Waals surface area contributed by atoms with Gasteiger partial charge >= 0.3 is 0 Å². The van der Waals surface area contributed by atoms with E-state index in [2.05, 4.69) is 0 Å². The molecule has 0 aliphatic carbocycles. The molecule has 0 unspecified atom stereocenters. The summed E-state index contributed by atoms with van der Waals surface area (Å²) < 4.78 is 13.0. The van der Waals surface area contributed by atoms with Crippen LogP contribution in [0.25, 0.3) is 0 Å². The quantitative estimate of drug-likeness (QED) is 0.416. The minimum atomic E-state index is -1.07. The lowest BCUT2D eigenvalue weighted by Crippen LogP contribution is -1.99. The van der Waals surface area contributed by atoms with Crippen molar-refractivity contribution in [2.45, 2.75) is 0 Å². The molecular weight excluding hydrogens is 193 g/mol. The molecule has 1 aromatic rings. The number of carbonyl (C=O) groups is 2. The van der Waals surface area contributed by atoms with Crippen molar-refractivity contribution in [1.29, 1.82) is 0 Å². The predicted octanol–water partition coefficient (Wildman–Crippen LogP) is 1.36. The van der Waals surface area contributed by atoms with Gasteiger partial charge in [0.05, 0.1) is 16.6 Å². The fraction of sp³-hybridized carbons (Fsp3) is 0. The molecule has 0 N–H and O–H groups in total. The van der Waals surface area contributed by atoms with E-state index in [0.717, 1.165) is 6.07 Å². The number of rotatable bonds is 3. The van der Waals surface area contributed by atoms with Gasteiger partial charge in [-0.2, -0.15) is 0 Å². The summed E-state index contributed by atoms with van der Waals surface area (Å²) >= 11 is 0.